The van der Waals surface area contributed by atoms with E-state index >= 15 is 0 Å². The quantitative estimate of drug-likeness (QED) is 0.614. The number of Topliss-reactive ketones (excluding diaryl/α,β-unsaturated/α-hetero) is 1. The van der Waals surface area contributed by atoms with E-state index in [1.54, 1.807) is 0 Å². The first-order valence-electron chi connectivity index (χ1n) is 10.8. The monoisotopic (exact) mass is 383 g/mol. The summed E-state index contributed by atoms with van der Waals surface area (Å²) in [5.41, 5.74) is 4.25. The molecule has 6 rings (SSSR count). The average Bonchev–Trinajstić information content (AvgIpc) is 3.13. The standard InChI is InChI=1S/C25H25N3O/c29-22-16-18(17-9-3-1-4-10-17)15-20-23(22)25(13-7-2-8-14-25)28-21-12-6-5-11-19(21)26-24(28)27-20/h1,3-6,9-12,15,18,23H,2,7-8,13-14,16H2,(H,26,27)/t18-,23-/m0/s1. The van der Waals surface area contributed by atoms with Gasteiger partial charge in [0, 0.05) is 18.0 Å². The highest BCUT2D eigenvalue weighted by molar-refractivity contribution is 5.90. The first-order valence-corrected chi connectivity index (χ1v) is 10.8. The number of para-hydroxylation sites is 2. The van der Waals surface area contributed by atoms with Gasteiger partial charge in [-0.05, 0) is 30.5 Å². The molecule has 1 aromatic heterocycles. The highest BCUT2D eigenvalue weighted by Gasteiger charge is 2.52. The first kappa shape index (κ1) is 17.0. The molecule has 2 aliphatic carbocycles. The van der Waals surface area contributed by atoms with Crippen molar-refractivity contribution in [2.75, 3.05) is 5.32 Å². The molecule has 1 saturated carbocycles. The van der Waals surface area contributed by atoms with Crippen LogP contribution in [-0.2, 0) is 10.3 Å². The zero-order valence-corrected chi connectivity index (χ0v) is 16.5. The lowest BCUT2D eigenvalue weighted by molar-refractivity contribution is -0.126. The van der Waals surface area contributed by atoms with Gasteiger partial charge >= 0.3 is 0 Å². The Morgan fingerprint density at radius 3 is 2.55 bits per heavy atom. The third-order valence-electron chi connectivity index (χ3n) is 7.18. The SMILES string of the molecule is O=C1C[C@@H](c2ccccc2)C=C2Nc3nc4ccccc4n3C3(CCCCC3)[C@H]12. The number of aromatic nitrogens is 2. The molecule has 1 spiro atoms. The van der Waals surface area contributed by atoms with Crippen LogP contribution in [-0.4, -0.2) is 15.3 Å². The van der Waals surface area contributed by atoms with Crippen molar-refractivity contribution in [3.8, 4) is 0 Å². The summed E-state index contributed by atoms with van der Waals surface area (Å²) in [5, 5.41) is 3.58. The van der Waals surface area contributed by atoms with E-state index in [2.05, 4.69) is 58.4 Å². The van der Waals surface area contributed by atoms with E-state index in [1.807, 2.05) is 12.1 Å². The largest absolute Gasteiger partial charge is 0.329 e. The number of hydrogen-bond donors (Lipinski definition) is 1. The zero-order chi connectivity index (χ0) is 19.4. The number of imidazole rings is 1. The second-order valence-electron chi connectivity index (χ2n) is 8.79. The van der Waals surface area contributed by atoms with Gasteiger partial charge in [0.25, 0.3) is 0 Å². The number of allylic oxidation sites excluding steroid dienone is 2. The van der Waals surface area contributed by atoms with Crippen molar-refractivity contribution in [2.45, 2.75) is 50.0 Å². The lowest BCUT2D eigenvalue weighted by Crippen LogP contribution is -2.53. The molecule has 2 heterocycles. The highest BCUT2D eigenvalue weighted by Crippen LogP contribution is 2.53. The molecule has 4 nitrogen and oxygen atoms in total. The number of carbonyl (C=O) groups excluding carboxylic acids is 1. The fraction of sp³-hybridized carbons (Fsp3) is 0.360. The number of anilines is 1. The summed E-state index contributed by atoms with van der Waals surface area (Å²) in [7, 11) is 0. The summed E-state index contributed by atoms with van der Waals surface area (Å²) in [6.45, 7) is 0. The molecule has 1 N–H and O–H groups in total. The van der Waals surface area contributed by atoms with Gasteiger partial charge < -0.3 is 9.88 Å². The number of fused-ring (bicyclic) bond motifs is 6. The lowest BCUT2D eigenvalue weighted by atomic mass is 9.65. The van der Waals surface area contributed by atoms with Crippen LogP contribution in [0.25, 0.3) is 11.0 Å². The van der Waals surface area contributed by atoms with Crippen molar-refractivity contribution in [3.63, 3.8) is 0 Å². The number of nitrogens with zero attached hydrogens (tertiary/aromatic N) is 2. The molecule has 0 saturated heterocycles. The van der Waals surface area contributed by atoms with Gasteiger partial charge in [0.15, 0.2) is 0 Å². The number of hydrogen-bond acceptors (Lipinski definition) is 3. The van der Waals surface area contributed by atoms with Crippen LogP contribution in [0.5, 0.6) is 0 Å². The van der Waals surface area contributed by atoms with Gasteiger partial charge in [-0.25, -0.2) is 4.98 Å². The van der Waals surface area contributed by atoms with Gasteiger partial charge in [-0.2, -0.15) is 0 Å². The molecule has 1 aliphatic heterocycles. The summed E-state index contributed by atoms with van der Waals surface area (Å²) in [5.74, 6) is 1.32. The molecule has 0 amide bonds. The molecule has 29 heavy (non-hydrogen) atoms. The Hall–Kier alpha value is -2.88. The average molecular weight is 383 g/mol. The predicted octanol–water partition coefficient (Wildman–Crippen LogP) is 5.38. The number of ketones is 1. The summed E-state index contributed by atoms with van der Waals surface area (Å²) in [6.07, 6.45) is 8.59. The van der Waals surface area contributed by atoms with Crippen LogP contribution < -0.4 is 5.32 Å². The van der Waals surface area contributed by atoms with Gasteiger partial charge in [-0.3, -0.25) is 4.79 Å². The Morgan fingerprint density at radius 2 is 1.72 bits per heavy atom. The fourth-order valence-electron chi connectivity index (χ4n) is 5.99. The molecular formula is C25H25N3O. The van der Waals surface area contributed by atoms with Gasteiger partial charge in [-0.1, -0.05) is 67.8 Å². The molecule has 2 atom stereocenters. The van der Waals surface area contributed by atoms with Crippen LogP contribution in [0, 0.1) is 5.92 Å². The number of carbonyl (C=O) groups is 1. The molecule has 2 aromatic carbocycles. The van der Waals surface area contributed by atoms with E-state index in [9.17, 15) is 4.79 Å². The maximum absolute atomic E-state index is 13.6. The molecule has 3 aliphatic rings. The Labute approximate surface area is 170 Å². The fourth-order valence-corrected chi connectivity index (χ4v) is 5.99. The van der Waals surface area contributed by atoms with Crippen molar-refractivity contribution in [2.24, 2.45) is 5.92 Å². The van der Waals surface area contributed by atoms with Gasteiger partial charge in [0.05, 0.1) is 22.5 Å². The van der Waals surface area contributed by atoms with Crippen molar-refractivity contribution in [3.05, 3.63) is 71.9 Å². The first-order chi connectivity index (χ1) is 14.3. The highest BCUT2D eigenvalue weighted by atomic mass is 16.1. The Bertz CT molecular complexity index is 1120. The van der Waals surface area contributed by atoms with E-state index in [4.69, 9.17) is 4.98 Å². The molecule has 0 unspecified atom stereocenters. The van der Waals surface area contributed by atoms with Crippen molar-refractivity contribution in [1.82, 2.24) is 9.55 Å². The molecule has 3 aromatic rings. The van der Waals surface area contributed by atoms with E-state index in [0.29, 0.717) is 12.2 Å². The normalized spacial score (nSPS) is 25.2. The van der Waals surface area contributed by atoms with Crippen LogP contribution in [0.3, 0.4) is 0 Å². The Balaban J connectivity index is 1.56. The van der Waals surface area contributed by atoms with E-state index in [-0.39, 0.29) is 17.4 Å². The number of nitrogens with one attached hydrogen (secondary N) is 1. The van der Waals surface area contributed by atoms with Crippen molar-refractivity contribution in [1.29, 1.82) is 0 Å². The lowest BCUT2D eigenvalue weighted by Gasteiger charge is -2.50. The maximum atomic E-state index is 13.6. The van der Waals surface area contributed by atoms with Gasteiger partial charge in [-0.15, -0.1) is 0 Å². The third-order valence-corrected chi connectivity index (χ3v) is 7.18. The minimum atomic E-state index is -0.181. The molecule has 0 radical (unpaired) electrons. The summed E-state index contributed by atoms with van der Waals surface area (Å²) >= 11 is 0. The Morgan fingerprint density at radius 1 is 0.966 bits per heavy atom. The van der Waals surface area contributed by atoms with Crippen molar-refractivity contribution >= 4 is 22.8 Å². The van der Waals surface area contributed by atoms with E-state index in [1.165, 1.54) is 24.8 Å². The predicted molar refractivity (Wildman–Crippen MR) is 115 cm³/mol. The Kier molecular flexibility index (Phi) is 3.70. The maximum Gasteiger partial charge on any atom is 0.208 e. The number of rotatable bonds is 1. The summed E-state index contributed by atoms with van der Waals surface area (Å²) in [6, 6.07) is 18.7. The van der Waals surface area contributed by atoms with Gasteiger partial charge in [0.2, 0.25) is 5.95 Å². The summed E-state index contributed by atoms with van der Waals surface area (Å²) < 4.78 is 2.38. The van der Waals surface area contributed by atoms with Crippen LogP contribution >= 0.6 is 0 Å². The summed E-state index contributed by atoms with van der Waals surface area (Å²) in [4.78, 5) is 18.6. The second kappa shape index (κ2) is 6.31. The molecule has 146 valence electrons. The minimum Gasteiger partial charge on any atom is -0.329 e. The van der Waals surface area contributed by atoms with E-state index < -0.39 is 0 Å². The number of benzene rings is 2. The molecule has 1 fully saturated rings. The third kappa shape index (κ3) is 2.44. The van der Waals surface area contributed by atoms with Crippen LogP contribution in [0.1, 0.15) is 50.0 Å². The molecule has 0 bridgehead atoms. The topological polar surface area (TPSA) is 46.9 Å². The van der Waals surface area contributed by atoms with Crippen LogP contribution in [0.15, 0.2) is 66.4 Å². The smallest absolute Gasteiger partial charge is 0.208 e. The zero-order valence-electron chi connectivity index (χ0n) is 16.5. The second-order valence-corrected chi connectivity index (χ2v) is 8.79. The van der Waals surface area contributed by atoms with Crippen LogP contribution in [0.4, 0.5) is 5.95 Å². The van der Waals surface area contributed by atoms with E-state index in [0.717, 1.165) is 35.5 Å². The van der Waals surface area contributed by atoms with Crippen molar-refractivity contribution < 1.29 is 4.79 Å². The van der Waals surface area contributed by atoms with Crippen LogP contribution in [0.2, 0.25) is 0 Å². The minimum absolute atomic E-state index is 0.0899. The molecule has 4 heteroatoms. The van der Waals surface area contributed by atoms with Gasteiger partial charge in [0.1, 0.15) is 5.78 Å². The molecular weight excluding hydrogens is 358 g/mol.